The molecule has 1 saturated heterocycles. The van der Waals surface area contributed by atoms with Gasteiger partial charge in [0.1, 0.15) is 12.4 Å². The van der Waals surface area contributed by atoms with Crippen molar-refractivity contribution in [2.75, 3.05) is 32.9 Å². The minimum atomic E-state index is -0.0223. The van der Waals surface area contributed by atoms with Gasteiger partial charge in [0.15, 0.2) is 0 Å². The van der Waals surface area contributed by atoms with Crippen LogP contribution in [-0.2, 0) is 11.3 Å². The van der Waals surface area contributed by atoms with E-state index >= 15 is 0 Å². The van der Waals surface area contributed by atoms with Gasteiger partial charge in [-0.3, -0.25) is 9.88 Å². The van der Waals surface area contributed by atoms with Crippen LogP contribution in [0.4, 0.5) is 0 Å². The van der Waals surface area contributed by atoms with Crippen LogP contribution in [0.3, 0.4) is 0 Å². The molecular weight excluding hydrogens is 242 g/mol. The number of hydrogen-bond donors (Lipinski definition) is 1. The lowest BCUT2D eigenvalue weighted by Gasteiger charge is -2.40. The number of morpholine rings is 1. The first kappa shape index (κ1) is 14.2. The minimum absolute atomic E-state index is 0.0223. The van der Waals surface area contributed by atoms with E-state index in [2.05, 4.69) is 23.7 Å². The lowest BCUT2D eigenvalue weighted by atomic mass is 10.0. The van der Waals surface area contributed by atoms with E-state index in [4.69, 9.17) is 15.2 Å². The average Bonchev–Trinajstić information content (AvgIpc) is 2.46. The summed E-state index contributed by atoms with van der Waals surface area (Å²) in [5, 5.41) is 0. The third kappa shape index (κ3) is 3.65. The molecule has 0 aromatic carbocycles. The first-order valence-corrected chi connectivity index (χ1v) is 6.72. The van der Waals surface area contributed by atoms with Crippen molar-refractivity contribution in [2.24, 2.45) is 5.73 Å². The molecule has 0 atom stereocenters. The fourth-order valence-electron chi connectivity index (χ4n) is 2.22. The van der Waals surface area contributed by atoms with Crippen molar-refractivity contribution in [3.63, 3.8) is 0 Å². The zero-order chi connectivity index (χ0) is 13.7. The summed E-state index contributed by atoms with van der Waals surface area (Å²) in [6.45, 7) is 8.96. The maximum Gasteiger partial charge on any atom is 0.142 e. The molecule has 0 unspecified atom stereocenters. The quantitative estimate of drug-likeness (QED) is 0.861. The Kier molecular flexibility index (Phi) is 4.74. The Morgan fingerprint density at radius 2 is 2.16 bits per heavy atom. The van der Waals surface area contributed by atoms with Crippen molar-refractivity contribution < 1.29 is 9.47 Å². The fourth-order valence-corrected chi connectivity index (χ4v) is 2.22. The van der Waals surface area contributed by atoms with Gasteiger partial charge in [-0.2, -0.15) is 0 Å². The fraction of sp³-hybridized carbons (Fsp3) is 0.643. The van der Waals surface area contributed by atoms with Crippen molar-refractivity contribution in [2.45, 2.75) is 25.9 Å². The topological polar surface area (TPSA) is 60.6 Å². The number of ether oxygens (including phenoxy) is 2. The van der Waals surface area contributed by atoms with Gasteiger partial charge in [-0.15, -0.1) is 0 Å². The molecule has 1 aliphatic rings. The van der Waals surface area contributed by atoms with Crippen LogP contribution >= 0.6 is 0 Å². The monoisotopic (exact) mass is 265 g/mol. The molecule has 0 bridgehead atoms. The van der Waals surface area contributed by atoms with Gasteiger partial charge in [-0.05, 0) is 19.9 Å². The summed E-state index contributed by atoms with van der Waals surface area (Å²) in [5.74, 6) is 0.784. The zero-order valence-electron chi connectivity index (χ0n) is 11.8. The maximum absolute atomic E-state index is 5.92. The molecule has 2 heterocycles. The summed E-state index contributed by atoms with van der Waals surface area (Å²) in [4.78, 5) is 6.49. The smallest absolute Gasteiger partial charge is 0.142 e. The SMILES string of the molecule is CC(C)(COc1cnccc1CN)N1CCOCC1. The molecule has 5 heteroatoms. The molecule has 5 nitrogen and oxygen atoms in total. The Labute approximate surface area is 114 Å². The number of nitrogens with two attached hydrogens (primary N) is 1. The van der Waals surface area contributed by atoms with Gasteiger partial charge in [-0.1, -0.05) is 0 Å². The molecule has 1 aliphatic heterocycles. The lowest BCUT2D eigenvalue weighted by molar-refractivity contribution is -0.0252. The van der Waals surface area contributed by atoms with E-state index in [0.29, 0.717) is 13.2 Å². The van der Waals surface area contributed by atoms with Gasteiger partial charge in [0, 0.05) is 36.9 Å². The molecule has 0 spiro atoms. The van der Waals surface area contributed by atoms with Crippen LogP contribution in [0.1, 0.15) is 19.4 Å². The molecule has 0 saturated carbocycles. The first-order chi connectivity index (χ1) is 9.13. The molecule has 1 aromatic heterocycles. The van der Waals surface area contributed by atoms with E-state index in [1.54, 1.807) is 12.4 Å². The minimum Gasteiger partial charge on any atom is -0.490 e. The molecule has 0 amide bonds. The van der Waals surface area contributed by atoms with Crippen molar-refractivity contribution >= 4 is 0 Å². The van der Waals surface area contributed by atoms with Crippen LogP contribution in [0.25, 0.3) is 0 Å². The molecule has 106 valence electrons. The Morgan fingerprint density at radius 3 is 2.84 bits per heavy atom. The lowest BCUT2D eigenvalue weighted by Crippen LogP contribution is -2.53. The number of aromatic nitrogens is 1. The second kappa shape index (κ2) is 6.32. The molecule has 1 fully saturated rings. The van der Waals surface area contributed by atoms with Crippen LogP contribution in [0.15, 0.2) is 18.5 Å². The summed E-state index contributed by atoms with van der Waals surface area (Å²) in [6, 6.07) is 1.90. The van der Waals surface area contributed by atoms with Crippen molar-refractivity contribution in [3.05, 3.63) is 24.0 Å². The molecular formula is C14H23N3O2. The number of nitrogens with zero attached hydrogens (tertiary/aromatic N) is 2. The summed E-state index contributed by atoms with van der Waals surface area (Å²) < 4.78 is 11.3. The van der Waals surface area contributed by atoms with Crippen LogP contribution in [0.2, 0.25) is 0 Å². The third-order valence-corrected chi connectivity index (χ3v) is 3.54. The van der Waals surface area contributed by atoms with Crippen LogP contribution in [-0.4, -0.2) is 48.3 Å². The molecule has 0 radical (unpaired) electrons. The van der Waals surface area contributed by atoms with E-state index in [1.807, 2.05) is 6.07 Å². The van der Waals surface area contributed by atoms with Gasteiger partial charge in [-0.25, -0.2) is 0 Å². The van der Waals surface area contributed by atoms with E-state index < -0.39 is 0 Å². The van der Waals surface area contributed by atoms with E-state index in [1.165, 1.54) is 0 Å². The zero-order valence-corrected chi connectivity index (χ0v) is 11.8. The standard InChI is InChI=1S/C14H23N3O2/c1-14(2,17-5-7-18-8-6-17)11-19-13-10-16-4-3-12(13)9-15/h3-4,10H,5-9,11,15H2,1-2H3. The molecule has 19 heavy (non-hydrogen) atoms. The summed E-state index contributed by atoms with van der Waals surface area (Å²) in [6.07, 6.45) is 3.47. The van der Waals surface area contributed by atoms with Crippen LogP contribution in [0, 0.1) is 0 Å². The normalized spacial score (nSPS) is 17.4. The third-order valence-electron chi connectivity index (χ3n) is 3.54. The summed E-state index contributed by atoms with van der Waals surface area (Å²) in [5.41, 5.74) is 6.67. The Balaban J connectivity index is 1.96. The van der Waals surface area contributed by atoms with Gasteiger partial charge < -0.3 is 15.2 Å². The van der Waals surface area contributed by atoms with Gasteiger partial charge in [0.2, 0.25) is 0 Å². The predicted octanol–water partition coefficient (Wildman–Crippen LogP) is 1.03. The Bertz CT molecular complexity index is 403. The summed E-state index contributed by atoms with van der Waals surface area (Å²) in [7, 11) is 0. The highest BCUT2D eigenvalue weighted by Crippen LogP contribution is 2.21. The molecule has 2 rings (SSSR count). The number of pyridine rings is 1. The van der Waals surface area contributed by atoms with Gasteiger partial charge in [0.05, 0.1) is 19.4 Å². The van der Waals surface area contributed by atoms with E-state index in [0.717, 1.165) is 37.6 Å². The number of hydrogen-bond acceptors (Lipinski definition) is 5. The van der Waals surface area contributed by atoms with Crippen molar-refractivity contribution in [1.29, 1.82) is 0 Å². The largest absolute Gasteiger partial charge is 0.490 e. The van der Waals surface area contributed by atoms with Crippen molar-refractivity contribution in [3.8, 4) is 5.75 Å². The number of rotatable bonds is 5. The van der Waals surface area contributed by atoms with E-state index in [9.17, 15) is 0 Å². The second-order valence-electron chi connectivity index (χ2n) is 5.39. The molecule has 1 aromatic rings. The van der Waals surface area contributed by atoms with Gasteiger partial charge >= 0.3 is 0 Å². The maximum atomic E-state index is 5.92. The first-order valence-electron chi connectivity index (χ1n) is 6.72. The van der Waals surface area contributed by atoms with Crippen LogP contribution in [0.5, 0.6) is 5.75 Å². The highest BCUT2D eigenvalue weighted by Gasteiger charge is 2.29. The molecule has 2 N–H and O–H groups in total. The Morgan fingerprint density at radius 1 is 1.42 bits per heavy atom. The highest BCUT2D eigenvalue weighted by atomic mass is 16.5. The predicted molar refractivity (Wildman–Crippen MR) is 74.1 cm³/mol. The van der Waals surface area contributed by atoms with Crippen LogP contribution < -0.4 is 10.5 Å². The Hall–Kier alpha value is -1.17. The van der Waals surface area contributed by atoms with Crippen molar-refractivity contribution in [1.82, 2.24) is 9.88 Å². The second-order valence-corrected chi connectivity index (χ2v) is 5.39. The van der Waals surface area contributed by atoms with E-state index in [-0.39, 0.29) is 5.54 Å². The summed E-state index contributed by atoms with van der Waals surface area (Å²) >= 11 is 0. The average molecular weight is 265 g/mol. The van der Waals surface area contributed by atoms with Gasteiger partial charge in [0.25, 0.3) is 0 Å². The highest BCUT2D eigenvalue weighted by molar-refractivity contribution is 5.29. The molecule has 0 aliphatic carbocycles.